The van der Waals surface area contributed by atoms with Crippen molar-refractivity contribution in [2.24, 2.45) is 0 Å². The summed E-state index contributed by atoms with van der Waals surface area (Å²) in [5.74, 6) is 0.274. The van der Waals surface area contributed by atoms with Crippen LogP contribution in [0.25, 0.3) is 0 Å². The third kappa shape index (κ3) is 5.94. The van der Waals surface area contributed by atoms with Gasteiger partial charge in [-0.2, -0.15) is 0 Å². The first-order valence-electron chi connectivity index (χ1n) is 9.62. The summed E-state index contributed by atoms with van der Waals surface area (Å²) >= 11 is 0. The van der Waals surface area contributed by atoms with Gasteiger partial charge in [0.05, 0.1) is 0 Å². The van der Waals surface area contributed by atoms with Crippen LogP contribution in [0.3, 0.4) is 0 Å². The second kappa shape index (κ2) is 10.1. The summed E-state index contributed by atoms with van der Waals surface area (Å²) in [5, 5.41) is 5.65. The molecule has 148 valence electrons. The molecule has 2 amide bonds. The van der Waals surface area contributed by atoms with Gasteiger partial charge in [0, 0.05) is 23.4 Å². The third-order valence-electron chi connectivity index (χ3n) is 4.28. The lowest BCUT2D eigenvalue weighted by molar-refractivity contribution is 0.0953. The van der Waals surface area contributed by atoms with E-state index < -0.39 is 0 Å². The SMILES string of the molecule is CCCNC(=O)c1cccc(C(=O)Nc2ccc(OCc3ccccc3)cc2)c1. The number of hydrogen-bond acceptors (Lipinski definition) is 3. The van der Waals surface area contributed by atoms with Gasteiger partial charge in [0.2, 0.25) is 0 Å². The molecule has 5 nitrogen and oxygen atoms in total. The van der Waals surface area contributed by atoms with Gasteiger partial charge in [-0.3, -0.25) is 9.59 Å². The Labute approximate surface area is 170 Å². The van der Waals surface area contributed by atoms with Crippen LogP contribution < -0.4 is 15.4 Å². The van der Waals surface area contributed by atoms with Crippen LogP contribution in [0.1, 0.15) is 39.6 Å². The molecule has 0 radical (unpaired) electrons. The molecule has 0 bridgehead atoms. The minimum atomic E-state index is -0.270. The molecule has 0 saturated heterocycles. The van der Waals surface area contributed by atoms with Crippen molar-refractivity contribution in [1.29, 1.82) is 0 Å². The van der Waals surface area contributed by atoms with Crippen molar-refractivity contribution in [3.05, 3.63) is 95.6 Å². The average Bonchev–Trinajstić information content (AvgIpc) is 2.77. The number of rotatable bonds is 8. The van der Waals surface area contributed by atoms with E-state index in [0.717, 1.165) is 17.7 Å². The number of ether oxygens (including phenoxy) is 1. The summed E-state index contributed by atoms with van der Waals surface area (Å²) in [6.45, 7) is 3.08. The van der Waals surface area contributed by atoms with Crippen molar-refractivity contribution in [3.8, 4) is 5.75 Å². The molecule has 0 atom stereocenters. The van der Waals surface area contributed by atoms with E-state index in [4.69, 9.17) is 4.74 Å². The highest BCUT2D eigenvalue weighted by molar-refractivity contribution is 6.06. The molecule has 5 heteroatoms. The van der Waals surface area contributed by atoms with Crippen LogP contribution in [0, 0.1) is 0 Å². The number of anilines is 1. The fourth-order valence-corrected chi connectivity index (χ4v) is 2.72. The molecule has 0 aromatic heterocycles. The fourth-order valence-electron chi connectivity index (χ4n) is 2.72. The maximum Gasteiger partial charge on any atom is 0.255 e. The Bertz CT molecular complexity index is 953. The monoisotopic (exact) mass is 388 g/mol. The lowest BCUT2D eigenvalue weighted by Crippen LogP contribution is -2.24. The molecule has 3 aromatic carbocycles. The van der Waals surface area contributed by atoms with E-state index in [-0.39, 0.29) is 11.8 Å². The highest BCUT2D eigenvalue weighted by atomic mass is 16.5. The predicted octanol–water partition coefficient (Wildman–Crippen LogP) is 4.66. The van der Waals surface area contributed by atoms with Gasteiger partial charge in [-0.1, -0.05) is 43.3 Å². The van der Waals surface area contributed by atoms with E-state index >= 15 is 0 Å². The second-order valence-electron chi connectivity index (χ2n) is 6.59. The predicted molar refractivity (Wildman–Crippen MR) is 114 cm³/mol. The van der Waals surface area contributed by atoms with Crippen LogP contribution in [-0.4, -0.2) is 18.4 Å². The van der Waals surface area contributed by atoms with E-state index in [0.29, 0.717) is 30.0 Å². The standard InChI is InChI=1S/C24H24N2O3/c1-2-15-25-23(27)19-9-6-10-20(16-19)24(28)26-21-11-13-22(14-12-21)29-17-18-7-4-3-5-8-18/h3-14,16H,2,15,17H2,1H3,(H,25,27)(H,26,28). The van der Waals surface area contributed by atoms with Gasteiger partial charge in [-0.25, -0.2) is 0 Å². The summed E-state index contributed by atoms with van der Waals surface area (Å²) < 4.78 is 5.75. The summed E-state index contributed by atoms with van der Waals surface area (Å²) in [6, 6.07) is 23.8. The summed E-state index contributed by atoms with van der Waals surface area (Å²) in [5.41, 5.74) is 2.64. The van der Waals surface area contributed by atoms with Crippen molar-refractivity contribution in [1.82, 2.24) is 5.32 Å². The highest BCUT2D eigenvalue weighted by Crippen LogP contribution is 2.18. The van der Waals surface area contributed by atoms with Crippen LogP contribution in [0.4, 0.5) is 5.69 Å². The van der Waals surface area contributed by atoms with Crippen molar-refractivity contribution < 1.29 is 14.3 Å². The zero-order chi connectivity index (χ0) is 20.5. The van der Waals surface area contributed by atoms with E-state index in [1.807, 2.05) is 49.4 Å². The van der Waals surface area contributed by atoms with Gasteiger partial charge in [0.1, 0.15) is 12.4 Å². The van der Waals surface area contributed by atoms with Crippen LogP contribution in [0.15, 0.2) is 78.9 Å². The van der Waals surface area contributed by atoms with Gasteiger partial charge >= 0.3 is 0 Å². The Hall–Kier alpha value is -3.60. The molecule has 0 unspecified atom stereocenters. The molecule has 0 fully saturated rings. The molecule has 29 heavy (non-hydrogen) atoms. The number of amides is 2. The highest BCUT2D eigenvalue weighted by Gasteiger charge is 2.10. The average molecular weight is 388 g/mol. The summed E-state index contributed by atoms with van der Waals surface area (Å²) in [6.07, 6.45) is 0.858. The first-order chi connectivity index (χ1) is 14.2. The maximum atomic E-state index is 12.5. The van der Waals surface area contributed by atoms with Crippen molar-refractivity contribution >= 4 is 17.5 Å². The first-order valence-corrected chi connectivity index (χ1v) is 9.62. The quantitative estimate of drug-likeness (QED) is 0.590. The molecule has 0 aliphatic heterocycles. The molecule has 0 saturated carbocycles. The lowest BCUT2D eigenvalue weighted by Gasteiger charge is -2.09. The molecular weight excluding hydrogens is 364 g/mol. The smallest absolute Gasteiger partial charge is 0.255 e. The Kier molecular flexibility index (Phi) is 7.00. The number of carbonyl (C=O) groups excluding carboxylic acids is 2. The maximum absolute atomic E-state index is 12.5. The Morgan fingerprint density at radius 1 is 0.828 bits per heavy atom. The van der Waals surface area contributed by atoms with Crippen LogP contribution in [0.2, 0.25) is 0 Å². The van der Waals surface area contributed by atoms with Crippen LogP contribution >= 0.6 is 0 Å². The molecule has 3 aromatic rings. The Balaban J connectivity index is 1.58. The number of benzene rings is 3. The van der Waals surface area contributed by atoms with Crippen LogP contribution in [0.5, 0.6) is 5.75 Å². The second-order valence-corrected chi connectivity index (χ2v) is 6.59. The Morgan fingerprint density at radius 2 is 1.52 bits per heavy atom. The van der Waals surface area contributed by atoms with Gasteiger partial charge < -0.3 is 15.4 Å². The lowest BCUT2D eigenvalue weighted by atomic mass is 10.1. The largest absolute Gasteiger partial charge is 0.489 e. The molecule has 0 heterocycles. The summed E-state index contributed by atoms with van der Waals surface area (Å²) in [7, 11) is 0. The van der Waals surface area contributed by atoms with Crippen molar-refractivity contribution in [2.75, 3.05) is 11.9 Å². The molecule has 3 rings (SSSR count). The van der Waals surface area contributed by atoms with Crippen molar-refractivity contribution in [3.63, 3.8) is 0 Å². The molecule has 0 aliphatic carbocycles. The minimum Gasteiger partial charge on any atom is -0.489 e. The van der Waals surface area contributed by atoms with Crippen LogP contribution in [-0.2, 0) is 6.61 Å². The Morgan fingerprint density at radius 3 is 2.21 bits per heavy atom. The normalized spacial score (nSPS) is 10.2. The minimum absolute atomic E-state index is 0.179. The van der Waals surface area contributed by atoms with E-state index in [2.05, 4.69) is 10.6 Å². The van der Waals surface area contributed by atoms with Crippen molar-refractivity contribution in [2.45, 2.75) is 20.0 Å². The van der Waals surface area contributed by atoms with Gasteiger partial charge in [-0.05, 0) is 54.4 Å². The number of carbonyl (C=O) groups is 2. The molecular formula is C24H24N2O3. The molecule has 0 spiro atoms. The van der Waals surface area contributed by atoms with E-state index in [9.17, 15) is 9.59 Å². The van der Waals surface area contributed by atoms with Gasteiger partial charge in [0.25, 0.3) is 11.8 Å². The summed E-state index contributed by atoms with van der Waals surface area (Å²) in [4.78, 5) is 24.6. The topological polar surface area (TPSA) is 67.4 Å². The zero-order valence-corrected chi connectivity index (χ0v) is 16.4. The molecule has 0 aliphatic rings. The van der Waals surface area contributed by atoms with E-state index in [1.165, 1.54) is 0 Å². The zero-order valence-electron chi connectivity index (χ0n) is 16.4. The van der Waals surface area contributed by atoms with Gasteiger partial charge in [-0.15, -0.1) is 0 Å². The third-order valence-corrected chi connectivity index (χ3v) is 4.28. The number of nitrogens with one attached hydrogen (secondary N) is 2. The first kappa shape index (κ1) is 20.1. The molecule has 2 N–H and O–H groups in total. The van der Waals surface area contributed by atoms with Gasteiger partial charge in [0.15, 0.2) is 0 Å². The number of hydrogen-bond donors (Lipinski definition) is 2. The fraction of sp³-hybridized carbons (Fsp3) is 0.167. The van der Waals surface area contributed by atoms with E-state index in [1.54, 1.807) is 36.4 Å².